The van der Waals surface area contributed by atoms with Crippen LogP contribution < -0.4 is 0 Å². The maximum atomic E-state index is 4.93. The van der Waals surface area contributed by atoms with Crippen molar-refractivity contribution in [3.8, 4) is 0 Å². The molecule has 0 fully saturated rings. The molecule has 0 unspecified atom stereocenters. The van der Waals surface area contributed by atoms with Crippen molar-refractivity contribution in [1.82, 2.24) is 9.97 Å². The number of rotatable bonds is 3. The van der Waals surface area contributed by atoms with Crippen molar-refractivity contribution in [2.75, 3.05) is 0 Å². The van der Waals surface area contributed by atoms with Gasteiger partial charge in [0.15, 0.2) is 0 Å². The first-order valence-corrected chi connectivity index (χ1v) is 7.22. The van der Waals surface area contributed by atoms with Gasteiger partial charge in [-0.1, -0.05) is 55.4 Å². The van der Waals surface area contributed by atoms with E-state index >= 15 is 0 Å². The van der Waals surface area contributed by atoms with Crippen LogP contribution in [0.25, 0.3) is 0 Å². The maximum Gasteiger partial charge on any atom is 0.109 e. The first-order chi connectivity index (χ1) is 8.11. The average Bonchev–Trinajstić information content (AvgIpc) is 2.63. The molecule has 0 aromatic carbocycles. The molecule has 0 spiro atoms. The Kier molecular flexibility index (Phi) is 4.30. The van der Waals surface area contributed by atoms with Crippen molar-refractivity contribution >= 4 is 0 Å². The number of H-pyrrole nitrogens is 1. The fourth-order valence-corrected chi connectivity index (χ4v) is 2.35. The van der Waals surface area contributed by atoms with Gasteiger partial charge in [-0.2, -0.15) is 0 Å². The summed E-state index contributed by atoms with van der Waals surface area (Å²) in [5.74, 6) is 1.73. The minimum Gasteiger partial charge on any atom is -0.345 e. The third kappa shape index (κ3) is 3.15. The van der Waals surface area contributed by atoms with Crippen LogP contribution in [0, 0.1) is 0 Å². The molecule has 1 N–H and O–H groups in total. The van der Waals surface area contributed by atoms with Gasteiger partial charge in [0, 0.05) is 22.4 Å². The number of nitrogens with one attached hydrogen (secondary N) is 1. The smallest absolute Gasteiger partial charge is 0.109 e. The second-order valence-corrected chi connectivity index (χ2v) is 7.36. The van der Waals surface area contributed by atoms with Gasteiger partial charge in [-0.25, -0.2) is 4.98 Å². The van der Waals surface area contributed by atoms with Gasteiger partial charge in [-0.3, -0.25) is 0 Å². The molecule has 0 bridgehead atoms. The molecule has 104 valence electrons. The van der Waals surface area contributed by atoms with E-state index in [1.807, 2.05) is 0 Å². The Morgan fingerprint density at radius 1 is 0.944 bits per heavy atom. The highest BCUT2D eigenvalue weighted by Crippen LogP contribution is 2.34. The highest BCUT2D eigenvalue weighted by molar-refractivity contribution is 5.29. The van der Waals surface area contributed by atoms with Gasteiger partial charge in [-0.05, 0) is 12.8 Å². The van der Waals surface area contributed by atoms with Crippen LogP contribution >= 0.6 is 0 Å². The minimum atomic E-state index is 0.101. The Balaban J connectivity index is 3.33. The molecule has 0 aliphatic heterocycles. The lowest BCUT2D eigenvalue weighted by atomic mass is 9.82. The van der Waals surface area contributed by atoms with Crippen LogP contribution in [0.15, 0.2) is 0 Å². The van der Waals surface area contributed by atoms with E-state index in [9.17, 15) is 0 Å². The topological polar surface area (TPSA) is 28.7 Å². The normalized spacial score (nSPS) is 13.4. The third-order valence-corrected chi connectivity index (χ3v) is 3.55. The zero-order chi connectivity index (χ0) is 14.1. The first kappa shape index (κ1) is 15.3. The minimum absolute atomic E-state index is 0.101. The van der Waals surface area contributed by atoms with E-state index in [0.29, 0.717) is 5.92 Å². The Morgan fingerprint density at radius 2 is 1.44 bits per heavy atom. The summed E-state index contributed by atoms with van der Waals surface area (Å²) < 4.78 is 0. The summed E-state index contributed by atoms with van der Waals surface area (Å²) in [7, 11) is 0. The Hall–Kier alpha value is -0.790. The van der Waals surface area contributed by atoms with Crippen molar-refractivity contribution in [3.05, 3.63) is 17.2 Å². The van der Waals surface area contributed by atoms with Gasteiger partial charge in [0.1, 0.15) is 5.82 Å². The first-order valence-electron chi connectivity index (χ1n) is 7.22. The molecule has 0 atom stereocenters. The quantitative estimate of drug-likeness (QED) is 0.811. The van der Waals surface area contributed by atoms with Crippen LogP contribution in [-0.4, -0.2) is 9.97 Å². The summed E-state index contributed by atoms with van der Waals surface area (Å²) in [6.07, 6.45) is 2.30. The predicted octanol–water partition coefficient (Wildman–Crippen LogP) is 4.91. The predicted molar refractivity (Wildman–Crippen MR) is 79.3 cm³/mol. The second-order valence-electron chi connectivity index (χ2n) is 7.36. The molecule has 0 aliphatic rings. The van der Waals surface area contributed by atoms with E-state index in [4.69, 9.17) is 4.98 Å². The van der Waals surface area contributed by atoms with Crippen molar-refractivity contribution in [2.24, 2.45) is 0 Å². The molecule has 1 heterocycles. The number of imidazole rings is 1. The third-order valence-electron chi connectivity index (χ3n) is 3.55. The van der Waals surface area contributed by atoms with Gasteiger partial charge in [0.05, 0.1) is 5.69 Å². The summed E-state index contributed by atoms with van der Waals surface area (Å²) >= 11 is 0. The molecule has 1 aromatic rings. The van der Waals surface area contributed by atoms with Gasteiger partial charge in [0.25, 0.3) is 0 Å². The lowest BCUT2D eigenvalue weighted by Gasteiger charge is -2.24. The molecule has 0 saturated heterocycles. The zero-order valence-electron chi connectivity index (χ0n) is 13.4. The van der Waals surface area contributed by atoms with Crippen LogP contribution in [-0.2, 0) is 10.8 Å². The number of nitrogens with zero attached hydrogens (tertiary/aromatic N) is 1. The van der Waals surface area contributed by atoms with E-state index in [0.717, 1.165) is 12.8 Å². The van der Waals surface area contributed by atoms with Gasteiger partial charge in [-0.15, -0.1) is 0 Å². The average molecular weight is 250 g/mol. The zero-order valence-corrected chi connectivity index (χ0v) is 13.4. The molecule has 2 heteroatoms. The van der Waals surface area contributed by atoms with E-state index in [-0.39, 0.29) is 10.8 Å². The molecule has 1 aromatic heterocycles. The summed E-state index contributed by atoms with van der Waals surface area (Å²) in [6.45, 7) is 18.0. The number of hydrogen-bond acceptors (Lipinski definition) is 1. The van der Waals surface area contributed by atoms with Gasteiger partial charge in [0.2, 0.25) is 0 Å². The molecule has 2 nitrogen and oxygen atoms in total. The molecule has 0 aliphatic carbocycles. The monoisotopic (exact) mass is 250 g/mol. The summed E-state index contributed by atoms with van der Waals surface area (Å²) in [5, 5.41) is 0. The van der Waals surface area contributed by atoms with Crippen molar-refractivity contribution in [1.29, 1.82) is 0 Å². The Morgan fingerprint density at radius 3 is 1.72 bits per heavy atom. The summed E-state index contributed by atoms with van der Waals surface area (Å²) in [6, 6.07) is 0. The van der Waals surface area contributed by atoms with E-state index < -0.39 is 0 Å². The van der Waals surface area contributed by atoms with Crippen molar-refractivity contribution < 1.29 is 0 Å². The molecule has 0 amide bonds. The molecular weight excluding hydrogens is 220 g/mol. The number of aromatic amines is 1. The van der Waals surface area contributed by atoms with Gasteiger partial charge < -0.3 is 4.98 Å². The van der Waals surface area contributed by atoms with Crippen LogP contribution in [0.5, 0.6) is 0 Å². The van der Waals surface area contributed by atoms with Crippen LogP contribution in [0.4, 0.5) is 0 Å². The summed E-state index contributed by atoms with van der Waals surface area (Å²) in [4.78, 5) is 8.55. The van der Waals surface area contributed by atoms with Gasteiger partial charge >= 0.3 is 0 Å². The molecule has 18 heavy (non-hydrogen) atoms. The lowest BCUT2D eigenvalue weighted by molar-refractivity contribution is 0.512. The molecule has 0 radical (unpaired) electrons. The lowest BCUT2D eigenvalue weighted by Crippen LogP contribution is -2.21. The standard InChI is InChI=1S/C16H30N2/c1-9-11(10-2)14-17-12(15(3,4)5)13(18-14)16(6,7)8/h11H,9-10H2,1-8H3,(H,17,18). The second kappa shape index (κ2) is 5.07. The van der Waals surface area contributed by atoms with Crippen LogP contribution in [0.1, 0.15) is 91.4 Å². The van der Waals surface area contributed by atoms with E-state index in [1.165, 1.54) is 17.2 Å². The fourth-order valence-electron chi connectivity index (χ4n) is 2.35. The highest BCUT2D eigenvalue weighted by atomic mass is 15.0. The highest BCUT2D eigenvalue weighted by Gasteiger charge is 2.30. The number of aromatic nitrogens is 2. The Bertz CT molecular complexity index is 353. The van der Waals surface area contributed by atoms with Crippen LogP contribution in [0.3, 0.4) is 0 Å². The number of hydrogen-bond donors (Lipinski definition) is 1. The van der Waals surface area contributed by atoms with Crippen molar-refractivity contribution in [3.63, 3.8) is 0 Å². The molecular formula is C16H30N2. The van der Waals surface area contributed by atoms with Crippen molar-refractivity contribution in [2.45, 2.75) is 85.0 Å². The maximum absolute atomic E-state index is 4.93. The SMILES string of the molecule is CCC(CC)c1nc(C(C)(C)C)c(C(C)(C)C)[nH]1. The summed E-state index contributed by atoms with van der Waals surface area (Å²) in [5.41, 5.74) is 2.76. The largest absolute Gasteiger partial charge is 0.345 e. The fraction of sp³-hybridized carbons (Fsp3) is 0.812. The molecule has 1 rings (SSSR count). The molecule has 0 saturated carbocycles. The Labute approximate surface area is 113 Å². The van der Waals surface area contributed by atoms with Crippen LogP contribution in [0.2, 0.25) is 0 Å². The van der Waals surface area contributed by atoms with E-state index in [2.05, 4.69) is 60.4 Å². The van der Waals surface area contributed by atoms with E-state index in [1.54, 1.807) is 0 Å².